The third-order valence-corrected chi connectivity index (χ3v) is 5.01. The number of hydrogen-bond donors (Lipinski definition) is 1. The van der Waals surface area contributed by atoms with Crippen LogP contribution in [0.4, 0.5) is 8.78 Å². The molecule has 0 radical (unpaired) electrons. The zero-order chi connectivity index (χ0) is 15.5. The molecular formula is C17H22F2NO2+. The Kier molecular flexibility index (Phi) is 4.71. The number of rotatable bonds is 3. The van der Waals surface area contributed by atoms with E-state index in [4.69, 9.17) is 4.74 Å². The maximum absolute atomic E-state index is 13.6. The zero-order valence-corrected chi connectivity index (χ0v) is 12.6. The van der Waals surface area contributed by atoms with Gasteiger partial charge in [-0.25, -0.2) is 13.6 Å². The van der Waals surface area contributed by atoms with Gasteiger partial charge in [0.15, 0.2) is 0 Å². The molecular weight excluding hydrogens is 288 g/mol. The Labute approximate surface area is 129 Å². The summed E-state index contributed by atoms with van der Waals surface area (Å²) in [5.74, 6) is -1.89. The molecule has 0 spiro atoms. The molecule has 1 unspecified atom stereocenters. The Morgan fingerprint density at radius 2 is 2.00 bits per heavy atom. The number of halogens is 2. The fourth-order valence-electron chi connectivity index (χ4n) is 3.89. The van der Waals surface area contributed by atoms with Crippen LogP contribution in [0, 0.1) is 17.6 Å². The lowest BCUT2D eigenvalue weighted by atomic mass is 9.84. The third kappa shape index (κ3) is 3.29. The number of benzene rings is 1. The largest absolute Gasteiger partial charge is 0.461 e. The normalized spacial score (nSPS) is 28.0. The van der Waals surface area contributed by atoms with Crippen LogP contribution in [-0.4, -0.2) is 31.7 Å². The van der Waals surface area contributed by atoms with Crippen molar-refractivity contribution in [3.63, 3.8) is 0 Å². The molecule has 1 aromatic carbocycles. The van der Waals surface area contributed by atoms with Gasteiger partial charge in [0.05, 0.1) is 24.7 Å². The summed E-state index contributed by atoms with van der Waals surface area (Å²) < 4.78 is 31.8. The molecule has 3 nitrogen and oxygen atoms in total. The molecule has 2 aliphatic rings. The molecule has 120 valence electrons. The minimum absolute atomic E-state index is 0.190. The van der Waals surface area contributed by atoms with Gasteiger partial charge in [-0.1, -0.05) is 0 Å². The molecule has 0 aromatic heterocycles. The predicted molar refractivity (Wildman–Crippen MR) is 77.7 cm³/mol. The SMILES string of the molecule is O=C(OC[C@H]1CCC[NH+]2CCCC[C@H]12)c1ccc(F)cc1F. The number of fused-ring (bicyclic) bond motifs is 1. The van der Waals surface area contributed by atoms with Gasteiger partial charge in [0.1, 0.15) is 18.2 Å². The van der Waals surface area contributed by atoms with Gasteiger partial charge in [0.2, 0.25) is 0 Å². The standard InChI is InChI=1S/C17H21F2NO2/c18-13-6-7-14(15(19)10-13)17(21)22-11-12-4-3-9-20-8-2-1-5-16(12)20/h6-7,10,12,16H,1-5,8-9,11H2/p+1/t12-,16-/m1/s1. The summed E-state index contributed by atoms with van der Waals surface area (Å²) in [6.45, 7) is 2.76. The Bertz CT molecular complexity index is 547. The van der Waals surface area contributed by atoms with Crippen LogP contribution in [0.5, 0.6) is 0 Å². The molecule has 2 fully saturated rings. The van der Waals surface area contributed by atoms with E-state index < -0.39 is 17.6 Å². The molecule has 1 aromatic rings. The summed E-state index contributed by atoms with van der Waals surface area (Å²) >= 11 is 0. The molecule has 0 amide bonds. The second-order valence-electron chi connectivity index (χ2n) is 6.39. The van der Waals surface area contributed by atoms with Crippen LogP contribution < -0.4 is 4.90 Å². The fraction of sp³-hybridized carbons (Fsp3) is 0.588. The van der Waals surface area contributed by atoms with Crippen LogP contribution in [0.3, 0.4) is 0 Å². The van der Waals surface area contributed by atoms with Gasteiger partial charge < -0.3 is 9.64 Å². The van der Waals surface area contributed by atoms with Crippen LogP contribution in [0.15, 0.2) is 18.2 Å². The topological polar surface area (TPSA) is 30.7 Å². The van der Waals surface area contributed by atoms with E-state index in [9.17, 15) is 13.6 Å². The van der Waals surface area contributed by atoms with Gasteiger partial charge in [-0.3, -0.25) is 0 Å². The number of nitrogens with one attached hydrogen (secondary N) is 1. The van der Waals surface area contributed by atoms with E-state index in [2.05, 4.69) is 0 Å². The molecule has 3 atom stereocenters. The molecule has 2 heterocycles. The number of hydrogen-bond acceptors (Lipinski definition) is 2. The second-order valence-corrected chi connectivity index (χ2v) is 6.39. The summed E-state index contributed by atoms with van der Waals surface area (Å²) in [5, 5.41) is 0. The van der Waals surface area contributed by atoms with Crippen molar-refractivity contribution in [2.24, 2.45) is 5.92 Å². The summed E-state index contributed by atoms with van der Waals surface area (Å²) in [7, 11) is 0. The monoisotopic (exact) mass is 310 g/mol. The van der Waals surface area contributed by atoms with Crippen molar-refractivity contribution >= 4 is 5.97 Å². The first-order valence-corrected chi connectivity index (χ1v) is 8.12. The molecule has 3 rings (SSSR count). The first-order valence-electron chi connectivity index (χ1n) is 8.12. The minimum atomic E-state index is -0.862. The second kappa shape index (κ2) is 6.73. The Morgan fingerprint density at radius 3 is 2.82 bits per heavy atom. The van der Waals surface area contributed by atoms with Crippen molar-refractivity contribution in [3.05, 3.63) is 35.4 Å². The van der Waals surface area contributed by atoms with E-state index in [1.165, 1.54) is 32.4 Å². The number of carbonyl (C=O) groups is 1. The highest BCUT2D eigenvalue weighted by Gasteiger charge is 2.37. The van der Waals surface area contributed by atoms with E-state index in [1.807, 2.05) is 0 Å². The average molecular weight is 310 g/mol. The molecule has 0 aliphatic carbocycles. The third-order valence-electron chi connectivity index (χ3n) is 5.01. The quantitative estimate of drug-likeness (QED) is 0.865. The van der Waals surface area contributed by atoms with Crippen molar-refractivity contribution in [2.45, 2.75) is 38.1 Å². The highest BCUT2D eigenvalue weighted by atomic mass is 19.1. The summed E-state index contributed by atoms with van der Waals surface area (Å²) in [6, 6.07) is 3.50. The Hall–Kier alpha value is -1.49. The molecule has 1 N–H and O–H groups in total. The molecule has 2 saturated heterocycles. The maximum Gasteiger partial charge on any atom is 0.341 e. The lowest BCUT2D eigenvalue weighted by molar-refractivity contribution is -0.940. The number of carbonyl (C=O) groups excluding carboxylic acids is 1. The van der Waals surface area contributed by atoms with Crippen molar-refractivity contribution in [1.29, 1.82) is 0 Å². The number of quaternary nitrogens is 1. The van der Waals surface area contributed by atoms with E-state index in [0.29, 0.717) is 24.6 Å². The zero-order valence-electron chi connectivity index (χ0n) is 12.6. The van der Waals surface area contributed by atoms with Crippen LogP contribution in [0.1, 0.15) is 42.5 Å². The predicted octanol–water partition coefficient (Wildman–Crippen LogP) is 1.97. The van der Waals surface area contributed by atoms with Gasteiger partial charge >= 0.3 is 5.97 Å². The van der Waals surface area contributed by atoms with E-state index >= 15 is 0 Å². The van der Waals surface area contributed by atoms with Crippen molar-refractivity contribution in [2.75, 3.05) is 19.7 Å². The Balaban J connectivity index is 1.60. The van der Waals surface area contributed by atoms with Crippen LogP contribution in [0.2, 0.25) is 0 Å². The molecule has 22 heavy (non-hydrogen) atoms. The number of ether oxygens (including phenoxy) is 1. The van der Waals surface area contributed by atoms with E-state index in [0.717, 1.165) is 25.0 Å². The van der Waals surface area contributed by atoms with Gasteiger partial charge in [-0.15, -0.1) is 0 Å². The molecule has 2 aliphatic heterocycles. The highest BCUT2D eigenvalue weighted by Crippen LogP contribution is 2.21. The molecule has 0 saturated carbocycles. The van der Waals surface area contributed by atoms with Crippen molar-refractivity contribution < 1.29 is 23.2 Å². The van der Waals surface area contributed by atoms with Gasteiger partial charge in [-0.2, -0.15) is 0 Å². The van der Waals surface area contributed by atoms with Gasteiger partial charge in [0.25, 0.3) is 0 Å². The van der Waals surface area contributed by atoms with Crippen molar-refractivity contribution in [3.8, 4) is 0 Å². The summed E-state index contributed by atoms with van der Waals surface area (Å²) in [6.07, 6.45) is 5.92. The van der Waals surface area contributed by atoms with Gasteiger partial charge in [-0.05, 0) is 44.2 Å². The lowest BCUT2D eigenvalue weighted by Gasteiger charge is -2.40. The number of piperidine rings is 2. The first kappa shape index (κ1) is 15.4. The van der Waals surface area contributed by atoms with E-state index in [1.54, 1.807) is 4.90 Å². The average Bonchev–Trinajstić information content (AvgIpc) is 2.52. The Morgan fingerprint density at radius 1 is 1.18 bits per heavy atom. The smallest absolute Gasteiger partial charge is 0.341 e. The van der Waals surface area contributed by atoms with Crippen LogP contribution >= 0.6 is 0 Å². The van der Waals surface area contributed by atoms with Crippen molar-refractivity contribution in [1.82, 2.24) is 0 Å². The minimum Gasteiger partial charge on any atom is -0.461 e. The summed E-state index contributed by atoms with van der Waals surface area (Å²) in [4.78, 5) is 13.6. The fourth-order valence-corrected chi connectivity index (χ4v) is 3.89. The van der Waals surface area contributed by atoms with E-state index in [-0.39, 0.29) is 5.56 Å². The number of esters is 1. The van der Waals surface area contributed by atoms with Crippen LogP contribution in [-0.2, 0) is 4.74 Å². The molecule has 5 heteroatoms. The summed E-state index contributed by atoms with van der Waals surface area (Å²) in [5.41, 5.74) is -0.190. The highest BCUT2D eigenvalue weighted by molar-refractivity contribution is 5.89. The lowest BCUT2D eigenvalue weighted by Crippen LogP contribution is -3.18. The maximum atomic E-state index is 13.6. The first-order chi connectivity index (χ1) is 10.6. The van der Waals surface area contributed by atoms with Crippen LogP contribution in [0.25, 0.3) is 0 Å². The molecule has 0 bridgehead atoms. The van der Waals surface area contributed by atoms with Gasteiger partial charge in [0, 0.05) is 12.0 Å².